The second-order valence-corrected chi connectivity index (χ2v) is 9.46. The van der Waals surface area contributed by atoms with E-state index in [1.54, 1.807) is 18.3 Å². The Morgan fingerprint density at radius 2 is 2.08 bits per heavy atom. The van der Waals surface area contributed by atoms with Gasteiger partial charge in [-0.15, -0.1) is 4.72 Å². The van der Waals surface area contributed by atoms with Gasteiger partial charge in [-0.05, 0) is 24.8 Å². The summed E-state index contributed by atoms with van der Waals surface area (Å²) in [5.74, 6) is 1.08. The number of likely N-dealkylation sites (tertiary alicyclic amines) is 1. The van der Waals surface area contributed by atoms with Gasteiger partial charge in [-0.2, -0.15) is 0 Å². The topological polar surface area (TPSA) is 77.5 Å². The molecule has 0 amide bonds. The highest BCUT2D eigenvalue weighted by Crippen LogP contribution is 2.36. The Kier molecular flexibility index (Phi) is 4.83. The fourth-order valence-electron chi connectivity index (χ4n) is 4.36. The summed E-state index contributed by atoms with van der Waals surface area (Å²) >= 11 is 0. The van der Waals surface area contributed by atoms with Crippen LogP contribution >= 0.6 is 0 Å². The Balaban J connectivity index is 1.43. The minimum absolute atomic E-state index is 0.150. The van der Waals surface area contributed by atoms with Crippen molar-refractivity contribution in [2.75, 3.05) is 26.2 Å². The van der Waals surface area contributed by atoms with Crippen LogP contribution in [0.15, 0.2) is 23.2 Å². The smallest absolute Gasteiger partial charge is 0.272 e. The first-order chi connectivity index (χ1) is 12.1. The summed E-state index contributed by atoms with van der Waals surface area (Å²) in [6.07, 6.45) is 10.1. The van der Waals surface area contributed by atoms with Gasteiger partial charge in [0.1, 0.15) is 5.60 Å². The monoisotopic (exact) mass is 365 g/mol. The van der Waals surface area contributed by atoms with E-state index in [9.17, 15) is 8.76 Å². The van der Waals surface area contributed by atoms with Crippen molar-refractivity contribution < 1.29 is 13.5 Å². The number of ether oxygens (including phenoxy) is 1. The molecule has 1 N–H and O–H groups in total. The first-order valence-electron chi connectivity index (χ1n) is 9.42. The molecule has 138 valence electrons. The number of nitrogens with one attached hydrogen (secondary N) is 1. The first-order valence-corrected chi connectivity index (χ1v) is 10.9. The van der Waals surface area contributed by atoms with Crippen molar-refractivity contribution >= 4 is 10.4 Å². The maximum Gasteiger partial charge on any atom is 0.272 e. The first kappa shape index (κ1) is 17.4. The second kappa shape index (κ2) is 6.95. The van der Waals surface area contributed by atoms with Crippen molar-refractivity contribution in [1.29, 1.82) is 0 Å². The molecular weight excluding hydrogens is 338 g/mol. The van der Waals surface area contributed by atoms with Gasteiger partial charge in [0.25, 0.3) is 5.88 Å². The molecule has 1 aromatic rings. The average molecular weight is 365 g/mol. The summed E-state index contributed by atoms with van der Waals surface area (Å²) in [7, 11) is -3.54. The van der Waals surface area contributed by atoms with E-state index in [1.165, 1.54) is 38.6 Å². The van der Waals surface area contributed by atoms with Crippen molar-refractivity contribution in [3.63, 3.8) is 0 Å². The molecule has 1 aromatic heterocycles. The molecule has 0 aromatic carbocycles. The van der Waals surface area contributed by atoms with Crippen LogP contribution in [-0.2, 0) is 14.6 Å². The maximum atomic E-state index is 12.4. The van der Waals surface area contributed by atoms with Crippen molar-refractivity contribution in [3.8, 4) is 5.88 Å². The quantitative estimate of drug-likeness (QED) is 0.814. The molecule has 7 heteroatoms. The molecule has 1 aliphatic carbocycles. The Morgan fingerprint density at radius 1 is 1.32 bits per heavy atom. The zero-order valence-corrected chi connectivity index (χ0v) is 15.4. The lowest BCUT2D eigenvalue weighted by Crippen LogP contribution is -2.54. The van der Waals surface area contributed by atoms with Crippen LogP contribution in [0.25, 0.3) is 0 Å². The summed E-state index contributed by atoms with van der Waals surface area (Å²) < 4.78 is 33.7. The number of pyridine rings is 1. The van der Waals surface area contributed by atoms with Crippen molar-refractivity contribution in [1.82, 2.24) is 14.6 Å². The van der Waals surface area contributed by atoms with Crippen LogP contribution < -0.4 is 9.46 Å². The highest BCUT2D eigenvalue weighted by atomic mass is 32.3. The summed E-state index contributed by atoms with van der Waals surface area (Å²) in [6.45, 7) is 3.42. The molecule has 2 aliphatic heterocycles. The molecule has 3 aliphatic rings. The number of aromatic nitrogens is 1. The van der Waals surface area contributed by atoms with E-state index < -0.39 is 16.0 Å². The molecule has 4 rings (SSSR count). The van der Waals surface area contributed by atoms with Crippen molar-refractivity contribution in [2.45, 2.75) is 55.4 Å². The minimum atomic E-state index is -3.54. The Labute approximate surface area is 150 Å². The number of nitrogens with zero attached hydrogens (tertiary/aromatic N) is 2. The molecule has 1 saturated heterocycles. The van der Waals surface area contributed by atoms with E-state index in [0.29, 0.717) is 6.54 Å². The van der Waals surface area contributed by atoms with E-state index in [-0.39, 0.29) is 10.8 Å². The fraction of sp³-hybridized carbons (Fsp3) is 0.722. The van der Waals surface area contributed by atoms with Crippen LogP contribution in [0.4, 0.5) is 0 Å². The number of rotatable bonds is 2. The third-order valence-corrected chi connectivity index (χ3v) is 7.35. The Bertz CT molecular complexity index is 655. The summed E-state index contributed by atoms with van der Waals surface area (Å²) in [4.78, 5) is 6.86. The van der Waals surface area contributed by atoms with Gasteiger partial charge >= 0.3 is 0 Å². The van der Waals surface area contributed by atoms with Crippen LogP contribution in [0.2, 0.25) is 0 Å². The Morgan fingerprint density at radius 3 is 2.84 bits per heavy atom. The van der Waals surface area contributed by atoms with Gasteiger partial charge < -0.3 is 14.2 Å². The number of hydrogen-bond donors (Lipinski definition) is 1. The van der Waals surface area contributed by atoms with E-state index >= 15 is 0 Å². The maximum absolute atomic E-state index is 12.4. The van der Waals surface area contributed by atoms with E-state index in [2.05, 4.69) is 14.6 Å². The molecule has 1 unspecified atom stereocenters. The summed E-state index contributed by atoms with van der Waals surface area (Å²) in [6, 6.07) is 3.19. The normalized spacial score (nSPS) is 30.4. The lowest BCUT2D eigenvalue weighted by atomic mass is 9.87. The summed E-state index contributed by atoms with van der Waals surface area (Å²) in [5.41, 5.74) is -0.476. The van der Waals surface area contributed by atoms with Gasteiger partial charge in [0, 0.05) is 44.7 Å². The molecule has 1 atom stereocenters. The molecule has 6 nitrogen and oxygen atoms in total. The predicted molar refractivity (Wildman–Crippen MR) is 94.9 cm³/mol. The average Bonchev–Trinajstić information content (AvgIpc) is 2.74. The number of fused-ring (bicyclic) bond motifs is 1. The standard InChI is InChI=1S/C18H27N3O3S/c22-25(23)16-7-4-10-19-17(16)24-18(14-20-25)8-11-21(12-9-18)13-15-5-2-1-3-6-15/h4,7,10,15H,1-3,5-6,8-9,11-14H2,(H-,20,22,23). The third-order valence-electron chi connectivity index (χ3n) is 5.93. The minimum Gasteiger partial charge on any atom is -0.593 e. The van der Waals surface area contributed by atoms with E-state index in [4.69, 9.17) is 4.74 Å². The molecule has 0 bridgehead atoms. The van der Waals surface area contributed by atoms with E-state index in [0.717, 1.165) is 31.8 Å². The van der Waals surface area contributed by atoms with Crippen LogP contribution in [-0.4, -0.2) is 46.2 Å². The predicted octanol–water partition coefficient (Wildman–Crippen LogP) is 2.38. The summed E-state index contributed by atoms with van der Waals surface area (Å²) in [5, 5.41) is 0. The lowest BCUT2D eigenvalue weighted by molar-refractivity contribution is -0.00263. The van der Waals surface area contributed by atoms with Crippen molar-refractivity contribution in [2.24, 2.45) is 5.92 Å². The zero-order valence-electron chi connectivity index (χ0n) is 14.6. The molecule has 3 heterocycles. The highest BCUT2D eigenvalue weighted by molar-refractivity contribution is 7.95. The highest BCUT2D eigenvalue weighted by Gasteiger charge is 2.44. The molecular formula is C18H27N3O3S. The molecule has 0 radical (unpaired) electrons. The molecule has 1 spiro atoms. The van der Waals surface area contributed by atoms with Crippen LogP contribution in [0.3, 0.4) is 0 Å². The van der Waals surface area contributed by atoms with Crippen molar-refractivity contribution in [3.05, 3.63) is 18.3 Å². The van der Waals surface area contributed by atoms with Gasteiger partial charge in [-0.1, -0.05) is 23.5 Å². The molecule has 25 heavy (non-hydrogen) atoms. The Hall–Kier alpha value is -1.02. The van der Waals surface area contributed by atoms with Gasteiger partial charge in [-0.3, -0.25) is 0 Å². The number of sulfonamides is 1. The van der Waals surface area contributed by atoms with Crippen LogP contribution in [0, 0.1) is 5.92 Å². The lowest BCUT2D eigenvalue weighted by Gasteiger charge is -2.41. The molecule has 2 fully saturated rings. The van der Waals surface area contributed by atoms with Gasteiger partial charge in [0.15, 0.2) is 10.4 Å². The van der Waals surface area contributed by atoms with Gasteiger partial charge in [0.05, 0.1) is 6.54 Å². The van der Waals surface area contributed by atoms with Crippen LogP contribution in [0.5, 0.6) is 5.88 Å². The van der Waals surface area contributed by atoms with Crippen LogP contribution in [0.1, 0.15) is 44.9 Å². The second-order valence-electron chi connectivity index (χ2n) is 7.72. The van der Waals surface area contributed by atoms with Gasteiger partial charge in [-0.25, -0.2) is 4.98 Å². The zero-order chi connectivity index (χ0) is 17.3. The largest absolute Gasteiger partial charge is 0.593 e. The molecule has 1 saturated carbocycles. The number of hydrogen-bond acceptors (Lipinski definition) is 5. The fourth-order valence-corrected chi connectivity index (χ4v) is 5.55. The van der Waals surface area contributed by atoms with Gasteiger partial charge in [0.2, 0.25) is 4.90 Å². The van der Waals surface area contributed by atoms with E-state index in [1.807, 2.05) is 0 Å². The third kappa shape index (κ3) is 3.74. The SMILES string of the molecule is O=[S+]1([O-])NCC2(CCN(CC3CCCCC3)CC2)Oc2ncccc21. The number of piperidine rings is 1.